The molecule has 0 spiro atoms. The summed E-state index contributed by atoms with van der Waals surface area (Å²) in [6, 6.07) is 11.2. The minimum Gasteiger partial charge on any atom is -0.481 e. The molecule has 4 rings (SSSR count). The summed E-state index contributed by atoms with van der Waals surface area (Å²) in [6.45, 7) is 2.25. The van der Waals surface area contributed by atoms with Crippen LogP contribution in [0.15, 0.2) is 47.6 Å². The summed E-state index contributed by atoms with van der Waals surface area (Å²) in [6.07, 6.45) is 5.63. The van der Waals surface area contributed by atoms with E-state index < -0.39 is 12.1 Å². The number of rotatable bonds is 8. The number of nitrogens with zero attached hydrogens (tertiary/aromatic N) is 3. The molecule has 1 amide bonds. The van der Waals surface area contributed by atoms with Gasteiger partial charge in [-0.25, -0.2) is 0 Å². The molecule has 2 aliphatic rings. The van der Waals surface area contributed by atoms with Crippen LogP contribution in [0, 0.1) is 5.92 Å². The molecule has 1 atom stereocenters. The van der Waals surface area contributed by atoms with Crippen LogP contribution >= 0.6 is 0 Å². The van der Waals surface area contributed by atoms with E-state index in [1.54, 1.807) is 6.20 Å². The van der Waals surface area contributed by atoms with Crippen molar-refractivity contribution in [2.75, 3.05) is 31.5 Å². The number of aliphatic imine (C=N–C) groups is 1. The molecule has 4 N–H and O–H groups in total. The highest BCUT2D eigenvalue weighted by Crippen LogP contribution is 2.25. The van der Waals surface area contributed by atoms with Gasteiger partial charge in [0.2, 0.25) is 0 Å². The molecule has 35 heavy (non-hydrogen) atoms. The number of carbonyl (C=O) groups is 2. The van der Waals surface area contributed by atoms with Crippen LogP contribution in [0.4, 0.5) is 5.69 Å². The van der Waals surface area contributed by atoms with Gasteiger partial charge in [-0.05, 0) is 67.9 Å². The predicted octanol–water partition coefficient (Wildman–Crippen LogP) is 2.32. The molecule has 1 aromatic carbocycles. The lowest BCUT2D eigenvalue weighted by Crippen LogP contribution is -2.42. The van der Waals surface area contributed by atoms with Gasteiger partial charge in [0, 0.05) is 49.2 Å². The maximum absolute atomic E-state index is 13.1. The van der Waals surface area contributed by atoms with Crippen molar-refractivity contribution in [3.63, 3.8) is 0 Å². The second-order valence-electron chi connectivity index (χ2n) is 9.21. The highest BCUT2D eigenvalue weighted by molar-refractivity contribution is 5.98. The Morgan fingerprint density at radius 1 is 1.14 bits per heavy atom. The number of anilines is 1. The predicted molar refractivity (Wildman–Crippen MR) is 134 cm³/mol. The molecule has 2 aromatic rings. The van der Waals surface area contributed by atoms with E-state index >= 15 is 0 Å². The van der Waals surface area contributed by atoms with Gasteiger partial charge >= 0.3 is 5.97 Å². The molecule has 1 unspecified atom stereocenters. The number of aliphatic hydroxyl groups excluding tert-OH is 1. The average molecular weight is 480 g/mol. The number of β-amino-alcohol motifs (C(OH)–C–C–N with tert-alkyl or cyclic N) is 1. The maximum atomic E-state index is 13.1. The van der Waals surface area contributed by atoms with Crippen molar-refractivity contribution in [1.29, 1.82) is 0 Å². The van der Waals surface area contributed by atoms with Crippen LogP contribution in [0.25, 0.3) is 0 Å². The van der Waals surface area contributed by atoms with Gasteiger partial charge in [-0.2, -0.15) is 0 Å². The number of aliphatic carboxylic acids is 1. The Hall–Kier alpha value is -3.46. The van der Waals surface area contributed by atoms with Crippen molar-refractivity contribution in [2.45, 2.75) is 44.6 Å². The van der Waals surface area contributed by atoms with Crippen LogP contribution in [-0.2, 0) is 17.6 Å². The summed E-state index contributed by atoms with van der Waals surface area (Å²) in [5.41, 5.74) is 3.42. The number of hydrogen-bond acceptors (Lipinski definition) is 7. The van der Waals surface area contributed by atoms with E-state index in [4.69, 9.17) is 5.11 Å². The number of guanidine groups is 1. The molecule has 0 aliphatic carbocycles. The highest BCUT2D eigenvalue weighted by atomic mass is 16.4. The quantitative estimate of drug-likeness (QED) is 0.458. The maximum Gasteiger partial charge on any atom is 0.303 e. The zero-order valence-corrected chi connectivity index (χ0v) is 19.8. The van der Waals surface area contributed by atoms with Crippen LogP contribution in [0.1, 0.15) is 47.3 Å². The molecular formula is C26H33N5O4. The average Bonchev–Trinajstić information content (AvgIpc) is 2.88. The van der Waals surface area contributed by atoms with Crippen molar-refractivity contribution in [2.24, 2.45) is 10.9 Å². The van der Waals surface area contributed by atoms with E-state index in [1.807, 2.05) is 41.3 Å². The second kappa shape index (κ2) is 11.8. The lowest BCUT2D eigenvalue weighted by molar-refractivity contribution is -0.136. The SMILES string of the molecule is O=C(O)CCc1cccnc1CCC1CCN(C(=O)c2cccc(NC3=NCC(O)CN3)c2)CC1. The molecule has 9 heteroatoms. The fourth-order valence-corrected chi connectivity index (χ4v) is 4.60. The van der Waals surface area contributed by atoms with Gasteiger partial charge in [0.1, 0.15) is 0 Å². The van der Waals surface area contributed by atoms with Crippen LogP contribution in [0.3, 0.4) is 0 Å². The number of carboxylic acids is 1. The van der Waals surface area contributed by atoms with Gasteiger partial charge in [0.05, 0.1) is 12.6 Å². The summed E-state index contributed by atoms with van der Waals surface area (Å²) in [5, 5.41) is 24.7. The number of pyridine rings is 1. The summed E-state index contributed by atoms with van der Waals surface area (Å²) in [4.78, 5) is 34.7. The Balaban J connectivity index is 1.27. The Morgan fingerprint density at radius 2 is 1.97 bits per heavy atom. The van der Waals surface area contributed by atoms with E-state index in [9.17, 15) is 14.7 Å². The number of piperidine rings is 1. The number of amides is 1. The van der Waals surface area contributed by atoms with Crippen LogP contribution in [-0.4, -0.2) is 70.2 Å². The molecule has 1 fully saturated rings. The van der Waals surface area contributed by atoms with E-state index in [1.165, 1.54) is 0 Å². The first kappa shape index (κ1) is 24.7. The summed E-state index contributed by atoms with van der Waals surface area (Å²) in [5.74, 6) is 0.353. The number of hydrogen-bond donors (Lipinski definition) is 4. The number of carboxylic acid groups (broad SMARTS) is 1. The zero-order valence-electron chi connectivity index (χ0n) is 19.8. The topological polar surface area (TPSA) is 127 Å². The zero-order chi connectivity index (χ0) is 24.6. The fraction of sp³-hybridized carbons (Fsp3) is 0.462. The number of likely N-dealkylation sites (tertiary alicyclic amines) is 1. The normalized spacial score (nSPS) is 18.5. The molecule has 1 aromatic heterocycles. The lowest BCUT2D eigenvalue weighted by atomic mass is 9.90. The molecule has 1 saturated heterocycles. The molecule has 186 valence electrons. The molecule has 0 radical (unpaired) electrons. The third-order valence-corrected chi connectivity index (χ3v) is 6.62. The largest absolute Gasteiger partial charge is 0.481 e. The number of aliphatic hydroxyl groups is 1. The van der Waals surface area contributed by atoms with E-state index in [-0.39, 0.29) is 12.3 Å². The van der Waals surface area contributed by atoms with Crippen molar-refractivity contribution in [3.05, 3.63) is 59.4 Å². The van der Waals surface area contributed by atoms with Gasteiger partial charge in [-0.1, -0.05) is 12.1 Å². The fourth-order valence-electron chi connectivity index (χ4n) is 4.60. The summed E-state index contributed by atoms with van der Waals surface area (Å²) < 4.78 is 0. The first-order valence-electron chi connectivity index (χ1n) is 12.2. The first-order valence-corrected chi connectivity index (χ1v) is 12.2. The highest BCUT2D eigenvalue weighted by Gasteiger charge is 2.24. The van der Waals surface area contributed by atoms with Crippen LogP contribution in [0.5, 0.6) is 0 Å². The van der Waals surface area contributed by atoms with E-state index in [2.05, 4.69) is 20.6 Å². The monoisotopic (exact) mass is 479 g/mol. The molecule has 0 saturated carbocycles. The van der Waals surface area contributed by atoms with Gasteiger partial charge in [0.15, 0.2) is 5.96 Å². The molecular weight excluding hydrogens is 446 g/mol. The van der Waals surface area contributed by atoms with Crippen LogP contribution < -0.4 is 10.6 Å². The van der Waals surface area contributed by atoms with Crippen molar-refractivity contribution in [3.8, 4) is 0 Å². The number of carbonyl (C=O) groups excluding carboxylic acids is 1. The van der Waals surface area contributed by atoms with Crippen molar-refractivity contribution >= 4 is 23.5 Å². The van der Waals surface area contributed by atoms with Gasteiger partial charge in [0.25, 0.3) is 5.91 Å². The van der Waals surface area contributed by atoms with Crippen LogP contribution in [0.2, 0.25) is 0 Å². The second-order valence-corrected chi connectivity index (χ2v) is 9.21. The number of aryl methyl sites for hydroxylation is 2. The Morgan fingerprint density at radius 3 is 2.71 bits per heavy atom. The lowest BCUT2D eigenvalue weighted by Gasteiger charge is -2.32. The Bertz CT molecular complexity index is 1070. The first-order chi connectivity index (χ1) is 17.0. The molecule has 2 aliphatic heterocycles. The molecule has 0 bridgehead atoms. The van der Waals surface area contributed by atoms with Gasteiger partial charge in [-0.15, -0.1) is 0 Å². The van der Waals surface area contributed by atoms with E-state index in [0.717, 1.165) is 55.7 Å². The number of nitrogens with one attached hydrogen (secondary N) is 2. The van der Waals surface area contributed by atoms with Gasteiger partial charge in [-0.3, -0.25) is 19.6 Å². The van der Waals surface area contributed by atoms with E-state index in [0.29, 0.717) is 37.0 Å². The Labute approximate surface area is 205 Å². The third kappa shape index (κ3) is 7.02. The van der Waals surface area contributed by atoms with Crippen molar-refractivity contribution in [1.82, 2.24) is 15.2 Å². The summed E-state index contributed by atoms with van der Waals surface area (Å²) >= 11 is 0. The minimum atomic E-state index is -0.794. The number of benzene rings is 1. The smallest absolute Gasteiger partial charge is 0.303 e. The third-order valence-electron chi connectivity index (χ3n) is 6.62. The van der Waals surface area contributed by atoms with Crippen molar-refractivity contribution < 1.29 is 19.8 Å². The standard InChI is InChI=1S/C26H33N5O4/c32-22-16-28-26(29-17-22)30-21-5-1-3-20(15-21)25(35)31-13-10-18(11-14-31)6-8-23-19(4-2-12-27-23)7-9-24(33)34/h1-5,12,15,18,22,32H,6-11,13-14,16-17H2,(H,33,34)(H2,28,29,30). The molecule has 9 nitrogen and oxygen atoms in total. The Kier molecular flexibility index (Phi) is 8.31. The minimum absolute atomic E-state index is 0.0294. The number of aromatic nitrogens is 1. The van der Waals surface area contributed by atoms with Gasteiger partial charge < -0.3 is 25.7 Å². The summed E-state index contributed by atoms with van der Waals surface area (Å²) in [7, 11) is 0. The molecule has 3 heterocycles.